The summed E-state index contributed by atoms with van der Waals surface area (Å²) in [5.41, 5.74) is 6.63. The molecule has 0 saturated carbocycles. The molecule has 0 aromatic carbocycles. The number of nitrogens with one attached hydrogen (secondary N) is 2. The van der Waals surface area contributed by atoms with Gasteiger partial charge in [-0.1, -0.05) is 6.92 Å². The van der Waals surface area contributed by atoms with Crippen molar-refractivity contribution in [1.82, 2.24) is 10.2 Å². The second-order valence-corrected chi connectivity index (χ2v) is 6.33. The summed E-state index contributed by atoms with van der Waals surface area (Å²) in [4.78, 5) is 14.7. The first-order valence-corrected chi connectivity index (χ1v) is 7.94. The summed E-state index contributed by atoms with van der Waals surface area (Å²) in [6.07, 6.45) is 1.89. The third-order valence-electron chi connectivity index (χ3n) is 3.53. The smallest absolute Gasteiger partial charge is 0.263 e. The lowest BCUT2D eigenvalue weighted by Gasteiger charge is -2.12. The largest absolute Gasteiger partial charge is 0.396 e. The van der Waals surface area contributed by atoms with E-state index in [2.05, 4.69) is 28.7 Å². The molecule has 21 heavy (non-hydrogen) atoms. The fraction of sp³-hybridized carbons (Fsp3) is 0.571. The molecule has 1 unspecified atom stereocenters. The second kappa shape index (κ2) is 6.78. The van der Waals surface area contributed by atoms with Gasteiger partial charge in [0, 0.05) is 19.1 Å². The summed E-state index contributed by atoms with van der Waals surface area (Å²) in [6, 6.07) is 2.41. The van der Waals surface area contributed by atoms with Gasteiger partial charge in [0.1, 0.15) is 21.5 Å². The van der Waals surface area contributed by atoms with Crippen molar-refractivity contribution in [3.05, 3.63) is 10.4 Å². The topological polar surface area (TPSA) is 94.2 Å². The Labute approximate surface area is 128 Å². The fourth-order valence-corrected chi connectivity index (χ4v) is 3.45. The summed E-state index contributed by atoms with van der Waals surface area (Å²) < 4.78 is 0. The number of amides is 1. The molecule has 0 aliphatic carbocycles. The highest BCUT2D eigenvalue weighted by molar-refractivity contribution is 7.19. The molecule has 1 atom stereocenters. The van der Waals surface area contributed by atoms with Gasteiger partial charge in [-0.15, -0.1) is 11.3 Å². The van der Waals surface area contributed by atoms with Gasteiger partial charge in [0.05, 0.1) is 5.69 Å². The lowest BCUT2D eigenvalue weighted by Crippen LogP contribution is -2.23. The molecule has 1 fully saturated rings. The fourth-order valence-electron chi connectivity index (χ4n) is 2.38. The number of nitriles is 1. The first kappa shape index (κ1) is 15.6. The lowest BCUT2D eigenvalue weighted by molar-refractivity contribution is 0.0958. The minimum Gasteiger partial charge on any atom is -0.396 e. The van der Waals surface area contributed by atoms with Gasteiger partial charge in [-0.3, -0.25) is 4.79 Å². The average Bonchev–Trinajstić information content (AvgIpc) is 3.00. The van der Waals surface area contributed by atoms with Crippen molar-refractivity contribution in [3.8, 4) is 6.07 Å². The Hall–Kier alpha value is -1.78. The Morgan fingerprint density at radius 2 is 2.38 bits per heavy atom. The molecule has 1 amide bonds. The van der Waals surface area contributed by atoms with Gasteiger partial charge >= 0.3 is 0 Å². The van der Waals surface area contributed by atoms with E-state index in [0.29, 0.717) is 28.0 Å². The van der Waals surface area contributed by atoms with E-state index in [0.717, 1.165) is 25.9 Å². The number of nitrogens with two attached hydrogens (primary N) is 1. The van der Waals surface area contributed by atoms with Crippen molar-refractivity contribution in [3.63, 3.8) is 0 Å². The number of carbonyl (C=O) groups excluding carboxylic acids is 1. The van der Waals surface area contributed by atoms with E-state index in [-0.39, 0.29) is 11.6 Å². The van der Waals surface area contributed by atoms with Crippen molar-refractivity contribution in [2.75, 3.05) is 37.7 Å². The van der Waals surface area contributed by atoms with Crippen molar-refractivity contribution in [2.45, 2.75) is 25.8 Å². The molecule has 1 aromatic heterocycles. The molecule has 1 aromatic rings. The Balaban J connectivity index is 2.18. The van der Waals surface area contributed by atoms with Gasteiger partial charge in [0.15, 0.2) is 0 Å². The van der Waals surface area contributed by atoms with Crippen LogP contribution in [0.2, 0.25) is 0 Å². The van der Waals surface area contributed by atoms with Gasteiger partial charge in [-0.2, -0.15) is 5.26 Å². The zero-order valence-corrected chi connectivity index (χ0v) is 13.2. The third-order valence-corrected chi connectivity index (χ3v) is 4.66. The molecular formula is C14H21N5OS. The minimum absolute atomic E-state index is 0.201. The highest BCUT2D eigenvalue weighted by Gasteiger charge is 2.25. The maximum absolute atomic E-state index is 12.1. The van der Waals surface area contributed by atoms with E-state index in [4.69, 9.17) is 5.73 Å². The van der Waals surface area contributed by atoms with Gasteiger partial charge in [0.25, 0.3) is 5.91 Å². The van der Waals surface area contributed by atoms with E-state index >= 15 is 0 Å². The second-order valence-electron chi connectivity index (χ2n) is 5.31. The average molecular weight is 307 g/mol. The van der Waals surface area contributed by atoms with Crippen LogP contribution in [0.1, 0.15) is 35.0 Å². The molecule has 1 aliphatic rings. The van der Waals surface area contributed by atoms with Crippen molar-refractivity contribution >= 4 is 27.9 Å². The molecule has 1 aliphatic heterocycles. The SMILES string of the molecule is CCCNC(=O)c1sc(NC2CCN(C)C2)c(C#N)c1N. The number of thiophene rings is 1. The van der Waals surface area contributed by atoms with Crippen molar-refractivity contribution in [1.29, 1.82) is 5.26 Å². The predicted octanol–water partition coefficient (Wildman–Crippen LogP) is 1.46. The van der Waals surface area contributed by atoms with Crippen LogP contribution in [-0.4, -0.2) is 43.5 Å². The van der Waals surface area contributed by atoms with E-state index < -0.39 is 0 Å². The van der Waals surface area contributed by atoms with Crippen LogP contribution in [0.3, 0.4) is 0 Å². The Kier molecular flexibility index (Phi) is 5.04. The van der Waals surface area contributed by atoms with Crippen LogP contribution in [-0.2, 0) is 0 Å². The Morgan fingerprint density at radius 1 is 1.62 bits per heavy atom. The summed E-state index contributed by atoms with van der Waals surface area (Å²) >= 11 is 1.27. The maximum atomic E-state index is 12.1. The Morgan fingerprint density at radius 3 is 2.95 bits per heavy atom. The molecule has 7 heteroatoms. The van der Waals surface area contributed by atoms with Crippen molar-refractivity contribution in [2.24, 2.45) is 0 Å². The maximum Gasteiger partial charge on any atom is 0.263 e. The zero-order chi connectivity index (χ0) is 15.4. The number of anilines is 2. The van der Waals surface area contributed by atoms with Crippen LogP contribution in [0, 0.1) is 11.3 Å². The molecule has 6 nitrogen and oxygen atoms in total. The van der Waals surface area contributed by atoms with Gasteiger partial charge < -0.3 is 21.3 Å². The molecule has 0 radical (unpaired) electrons. The molecule has 4 N–H and O–H groups in total. The summed E-state index contributed by atoms with van der Waals surface area (Å²) in [6.45, 7) is 4.56. The first-order valence-electron chi connectivity index (χ1n) is 7.12. The summed E-state index contributed by atoms with van der Waals surface area (Å²) in [5.74, 6) is -0.201. The van der Waals surface area contributed by atoms with Crippen LogP contribution >= 0.6 is 11.3 Å². The van der Waals surface area contributed by atoms with Gasteiger partial charge in [-0.05, 0) is 26.4 Å². The molecule has 0 spiro atoms. The monoisotopic (exact) mass is 307 g/mol. The summed E-state index contributed by atoms with van der Waals surface area (Å²) in [7, 11) is 2.07. The normalized spacial score (nSPS) is 18.4. The Bertz CT molecular complexity index is 562. The van der Waals surface area contributed by atoms with E-state index in [9.17, 15) is 10.1 Å². The number of hydrogen-bond donors (Lipinski definition) is 3. The van der Waals surface area contributed by atoms with E-state index in [1.165, 1.54) is 11.3 Å². The highest BCUT2D eigenvalue weighted by Crippen LogP contribution is 2.36. The molecule has 2 rings (SSSR count). The number of rotatable bonds is 5. The molecule has 0 bridgehead atoms. The van der Waals surface area contributed by atoms with Crippen LogP contribution in [0.4, 0.5) is 10.7 Å². The number of nitrogens with zero attached hydrogens (tertiary/aromatic N) is 2. The zero-order valence-electron chi connectivity index (χ0n) is 12.4. The third kappa shape index (κ3) is 3.46. The van der Waals surface area contributed by atoms with Crippen LogP contribution in [0.25, 0.3) is 0 Å². The highest BCUT2D eigenvalue weighted by atomic mass is 32.1. The number of hydrogen-bond acceptors (Lipinski definition) is 6. The number of likely N-dealkylation sites (N-methyl/N-ethyl adjacent to an activating group) is 1. The van der Waals surface area contributed by atoms with Crippen LogP contribution in [0.5, 0.6) is 0 Å². The lowest BCUT2D eigenvalue weighted by atomic mass is 10.2. The predicted molar refractivity (Wildman–Crippen MR) is 85.6 cm³/mol. The van der Waals surface area contributed by atoms with E-state index in [1.807, 2.05) is 6.92 Å². The van der Waals surface area contributed by atoms with E-state index in [1.54, 1.807) is 0 Å². The van der Waals surface area contributed by atoms with Crippen molar-refractivity contribution < 1.29 is 4.79 Å². The molecule has 1 saturated heterocycles. The van der Waals surface area contributed by atoms with Crippen LogP contribution in [0.15, 0.2) is 0 Å². The quantitative estimate of drug-likeness (QED) is 0.765. The van der Waals surface area contributed by atoms with Gasteiger partial charge in [-0.25, -0.2) is 0 Å². The first-order chi connectivity index (χ1) is 10.1. The minimum atomic E-state index is -0.201. The number of likely N-dealkylation sites (tertiary alicyclic amines) is 1. The number of carbonyl (C=O) groups is 1. The number of nitrogen functional groups attached to an aromatic ring is 1. The molecular weight excluding hydrogens is 286 g/mol. The van der Waals surface area contributed by atoms with Gasteiger partial charge in [0.2, 0.25) is 0 Å². The van der Waals surface area contributed by atoms with Crippen LogP contribution < -0.4 is 16.4 Å². The molecule has 2 heterocycles. The molecule has 114 valence electrons. The standard InChI is InChI=1S/C14H21N5OS/c1-3-5-17-13(20)12-11(16)10(7-15)14(21-12)18-9-4-6-19(2)8-9/h9,18H,3-6,8,16H2,1-2H3,(H,17,20). The summed E-state index contributed by atoms with van der Waals surface area (Å²) in [5, 5.41) is 16.2.